The lowest BCUT2D eigenvalue weighted by atomic mass is 10.3. The Kier molecular flexibility index (Phi) is 4.07. The zero-order valence-corrected chi connectivity index (χ0v) is 12.7. The molecule has 7 nitrogen and oxygen atoms in total. The maximum atomic E-state index is 13.5. The minimum Gasteiger partial charge on any atom is -0.324 e. The second-order valence-corrected chi connectivity index (χ2v) is 5.17. The molecular weight excluding hydrogens is 320 g/mol. The quantitative estimate of drug-likeness (QED) is 0.783. The van der Waals surface area contributed by atoms with E-state index >= 15 is 0 Å². The molecule has 2 aromatic heterocycles. The first kappa shape index (κ1) is 15.8. The fourth-order valence-electron chi connectivity index (χ4n) is 2.25. The number of aryl methyl sites for hydroxylation is 2. The third kappa shape index (κ3) is 3.00. The number of hydrogen-bond donors (Lipinski definition) is 1. The van der Waals surface area contributed by atoms with Gasteiger partial charge in [-0.05, 0) is 12.1 Å². The number of nitrogens with one attached hydrogen (secondary N) is 1. The van der Waals surface area contributed by atoms with Crippen molar-refractivity contribution in [3.8, 4) is 0 Å². The minimum absolute atomic E-state index is 0.0653. The highest BCUT2D eigenvalue weighted by Crippen LogP contribution is 2.15. The van der Waals surface area contributed by atoms with Crippen LogP contribution in [0.1, 0.15) is 6.42 Å². The topological polar surface area (TPSA) is 81.8 Å². The lowest BCUT2D eigenvalue weighted by Gasteiger charge is -2.08. The van der Waals surface area contributed by atoms with E-state index in [1.165, 1.54) is 21.8 Å². The van der Waals surface area contributed by atoms with E-state index in [0.717, 1.165) is 12.1 Å². The van der Waals surface area contributed by atoms with Crippen molar-refractivity contribution in [3.63, 3.8) is 0 Å². The van der Waals surface area contributed by atoms with Gasteiger partial charge >= 0.3 is 0 Å². The van der Waals surface area contributed by atoms with Crippen LogP contribution in [0.15, 0.2) is 35.5 Å². The summed E-state index contributed by atoms with van der Waals surface area (Å²) in [5.74, 6) is -2.09. The van der Waals surface area contributed by atoms with Crippen LogP contribution < -0.4 is 10.9 Å². The van der Waals surface area contributed by atoms with Crippen molar-refractivity contribution in [2.24, 2.45) is 7.05 Å². The van der Waals surface area contributed by atoms with Crippen LogP contribution in [0.2, 0.25) is 0 Å². The molecule has 0 saturated heterocycles. The Morgan fingerprint density at radius 1 is 1.33 bits per heavy atom. The van der Waals surface area contributed by atoms with Crippen molar-refractivity contribution in [2.75, 3.05) is 5.32 Å². The number of hydrogen-bond acceptors (Lipinski definition) is 4. The fraction of sp³-hybridized carbons (Fsp3) is 0.200. The second-order valence-electron chi connectivity index (χ2n) is 5.17. The maximum absolute atomic E-state index is 13.5. The van der Waals surface area contributed by atoms with Crippen LogP contribution in [0, 0.1) is 11.6 Å². The molecular formula is C15H13F2N5O2. The molecule has 0 aliphatic rings. The number of amides is 1. The highest BCUT2D eigenvalue weighted by Gasteiger charge is 2.11. The zero-order valence-electron chi connectivity index (χ0n) is 12.7. The van der Waals surface area contributed by atoms with Gasteiger partial charge in [-0.15, -0.1) is 0 Å². The molecule has 0 bridgehead atoms. The highest BCUT2D eigenvalue weighted by molar-refractivity contribution is 5.90. The summed E-state index contributed by atoms with van der Waals surface area (Å²) in [5, 5.41) is 6.64. The summed E-state index contributed by atoms with van der Waals surface area (Å²) in [4.78, 5) is 28.2. The van der Waals surface area contributed by atoms with E-state index in [2.05, 4.69) is 15.4 Å². The number of aromatic nitrogens is 4. The molecule has 1 N–H and O–H groups in total. The van der Waals surface area contributed by atoms with Crippen molar-refractivity contribution in [1.29, 1.82) is 0 Å². The molecule has 9 heteroatoms. The average molecular weight is 333 g/mol. The highest BCUT2D eigenvalue weighted by atomic mass is 19.1. The molecule has 124 valence electrons. The van der Waals surface area contributed by atoms with Crippen LogP contribution in [0.5, 0.6) is 0 Å². The van der Waals surface area contributed by atoms with Gasteiger partial charge in [-0.2, -0.15) is 5.10 Å². The Balaban J connectivity index is 1.70. The van der Waals surface area contributed by atoms with Gasteiger partial charge in [-0.1, -0.05) is 0 Å². The van der Waals surface area contributed by atoms with Gasteiger partial charge in [-0.3, -0.25) is 18.8 Å². The lowest BCUT2D eigenvalue weighted by Crippen LogP contribution is -2.23. The van der Waals surface area contributed by atoms with Gasteiger partial charge in [0.05, 0.1) is 18.2 Å². The van der Waals surface area contributed by atoms with Gasteiger partial charge in [0, 0.05) is 26.1 Å². The van der Waals surface area contributed by atoms with E-state index < -0.39 is 17.5 Å². The van der Waals surface area contributed by atoms with Crippen LogP contribution in [-0.4, -0.2) is 25.2 Å². The van der Waals surface area contributed by atoms with E-state index in [1.807, 2.05) is 0 Å². The first-order chi connectivity index (χ1) is 11.5. The summed E-state index contributed by atoms with van der Waals surface area (Å²) in [5.41, 5.74) is 0.0255. The number of carbonyl (C=O) groups excluding carboxylic acids is 1. The summed E-state index contributed by atoms with van der Waals surface area (Å²) in [6, 6.07) is 2.86. The summed E-state index contributed by atoms with van der Waals surface area (Å²) < 4.78 is 29.1. The number of fused-ring (bicyclic) bond motifs is 1. The summed E-state index contributed by atoms with van der Waals surface area (Å²) in [7, 11) is 1.67. The molecule has 0 fully saturated rings. The Morgan fingerprint density at radius 3 is 2.88 bits per heavy atom. The van der Waals surface area contributed by atoms with Gasteiger partial charge in [0.25, 0.3) is 5.56 Å². The van der Waals surface area contributed by atoms with Crippen molar-refractivity contribution in [1.82, 2.24) is 19.3 Å². The monoisotopic (exact) mass is 333 g/mol. The molecule has 1 aromatic carbocycles. The molecule has 2 heterocycles. The van der Waals surface area contributed by atoms with Gasteiger partial charge < -0.3 is 5.32 Å². The van der Waals surface area contributed by atoms with Crippen molar-refractivity contribution in [3.05, 3.63) is 52.7 Å². The fourth-order valence-corrected chi connectivity index (χ4v) is 2.25. The van der Waals surface area contributed by atoms with Gasteiger partial charge in [-0.25, -0.2) is 13.8 Å². The smallest absolute Gasteiger partial charge is 0.264 e. The van der Waals surface area contributed by atoms with E-state index in [1.54, 1.807) is 7.05 Å². The SMILES string of the molecule is Cn1ncc2c(=O)n(CCC(=O)Nc3ccc(F)cc3F)cnc21. The number of carbonyl (C=O) groups is 1. The molecule has 3 rings (SSSR count). The van der Waals surface area contributed by atoms with E-state index in [-0.39, 0.29) is 24.2 Å². The molecule has 0 saturated carbocycles. The predicted octanol–water partition coefficient (Wildman–Crippen LogP) is 1.44. The van der Waals surface area contributed by atoms with Crippen LogP contribution in [-0.2, 0) is 18.4 Å². The normalized spacial score (nSPS) is 11.0. The van der Waals surface area contributed by atoms with Crippen molar-refractivity contribution in [2.45, 2.75) is 13.0 Å². The van der Waals surface area contributed by atoms with Crippen LogP contribution in [0.25, 0.3) is 11.0 Å². The number of benzene rings is 1. The second kappa shape index (κ2) is 6.19. The van der Waals surface area contributed by atoms with Gasteiger partial charge in [0.15, 0.2) is 5.65 Å². The molecule has 0 unspecified atom stereocenters. The Hall–Kier alpha value is -3.10. The molecule has 1 amide bonds. The van der Waals surface area contributed by atoms with Crippen LogP contribution in [0.4, 0.5) is 14.5 Å². The largest absolute Gasteiger partial charge is 0.324 e. The van der Waals surface area contributed by atoms with E-state index in [0.29, 0.717) is 17.1 Å². The Morgan fingerprint density at radius 2 is 2.12 bits per heavy atom. The van der Waals surface area contributed by atoms with E-state index in [4.69, 9.17) is 0 Å². The lowest BCUT2D eigenvalue weighted by molar-refractivity contribution is -0.116. The van der Waals surface area contributed by atoms with Gasteiger partial charge in [0.1, 0.15) is 17.0 Å². The Bertz CT molecular complexity index is 980. The first-order valence-electron chi connectivity index (χ1n) is 7.08. The van der Waals surface area contributed by atoms with Crippen molar-refractivity contribution < 1.29 is 13.6 Å². The first-order valence-corrected chi connectivity index (χ1v) is 7.08. The standard InChI is InChI=1S/C15H13F2N5O2/c1-21-14-10(7-19-21)15(24)22(8-18-14)5-4-13(23)20-12-3-2-9(16)6-11(12)17/h2-3,6-8H,4-5H2,1H3,(H,20,23). The van der Waals surface area contributed by atoms with Crippen LogP contribution in [0.3, 0.4) is 0 Å². The predicted molar refractivity (Wildman–Crippen MR) is 82.4 cm³/mol. The average Bonchev–Trinajstić information content (AvgIpc) is 2.92. The maximum Gasteiger partial charge on any atom is 0.264 e. The number of nitrogens with zero attached hydrogens (tertiary/aromatic N) is 4. The third-order valence-corrected chi connectivity index (χ3v) is 3.50. The Labute approximate surface area is 134 Å². The number of rotatable bonds is 4. The molecule has 24 heavy (non-hydrogen) atoms. The number of anilines is 1. The molecule has 0 radical (unpaired) electrons. The molecule has 0 aliphatic carbocycles. The van der Waals surface area contributed by atoms with Gasteiger partial charge in [0.2, 0.25) is 5.91 Å². The summed E-state index contributed by atoms with van der Waals surface area (Å²) in [6.45, 7) is 0.0747. The molecule has 0 aliphatic heterocycles. The molecule has 3 aromatic rings. The third-order valence-electron chi connectivity index (χ3n) is 3.50. The molecule has 0 atom stereocenters. The zero-order chi connectivity index (χ0) is 17.3. The molecule has 0 spiro atoms. The summed E-state index contributed by atoms with van der Waals surface area (Å²) >= 11 is 0. The van der Waals surface area contributed by atoms with Crippen molar-refractivity contribution >= 4 is 22.6 Å². The van der Waals surface area contributed by atoms with E-state index in [9.17, 15) is 18.4 Å². The van der Waals surface area contributed by atoms with Crippen LogP contribution >= 0.6 is 0 Å². The summed E-state index contributed by atoms with van der Waals surface area (Å²) in [6.07, 6.45) is 2.68. The number of halogens is 2. The minimum atomic E-state index is -0.862.